The standard InChI is InChI=1S/C19H18FN3O3S2/c20-14-6-4-12(5-7-14)9-21-18(24)13-2-1-3-15(8-13)22-19-23-16-10-28(25,26)11-17(16)27-19/h1-8,16-17H,9-11H2,(H,21,24)(H,22,23)/t16-,17+/m1/s1. The number of halogens is 1. The Hall–Kier alpha value is -2.39. The first-order valence-corrected chi connectivity index (χ1v) is 11.4. The third-order valence-electron chi connectivity index (χ3n) is 4.56. The molecule has 0 saturated carbocycles. The molecular formula is C19H18FN3O3S2. The van der Waals surface area contributed by atoms with Crippen LogP contribution in [-0.2, 0) is 16.4 Å². The molecule has 0 spiro atoms. The molecule has 2 aromatic rings. The monoisotopic (exact) mass is 419 g/mol. The van der Waals surface area contributed by atoms with E-state index in [0.717, 1.165) is 5.56 Å². The Bertz CT molecular complexity index is 1040. The van der Waals surface area contributed by atoms with E-state index in [4.69, 9.17) is 0 Å². The number of thioether (sulfide) groups is 1. The predicted octanol–water partition coefficient (Wildman–Crippen LogP) is 2.44. The van der Waals surface area contributed by atoms with E-state index in [2.05, 4.69) is 15.6 Å². The molecule has 1 fully saturated rings. The number of aliphatic imine (C=N–C) groups is 1. The summed E-state index contributed by atoms with van der Waals surface area (Å²) in [5.41, 5.74) is 2.00. The highest BCUT2D eigenvalue weighted by Gasteiger charge is 2.42. The summed E-state index contributed by atoms with van der Waals surface area (Å²) in [6, 6.07) is 12.8. The van der Waals surface area contributed by atoms with Crippen LogP contribution in [0.4, 0.5) is 10.1 Å². The molecule has 146 valence electrons. The van der Waals surface area contributed by atoms with Gasteiger partial charge in [0.25, 0.3) is 5.91 Å². The first kappa shape index (κ1) is 18.9. The largest absolute Gasteiger partial charge is 0.348 e. The van der Waals surface area contributed by atoms with Crippen LogP contribution in [0.15, 0.2) is 53.5 Å². The molecule has 4 rings (SSSR count). The number of carbonyl (C=O) groups is 1. The van der Waals surface area contributed by atoms with Gasteiger partial charge in [-0.15, -0.1) is 0 Å². The maximum absolute atomic E-state index is 12.9. The fourth-order valence-electron chi connectivity index (χ4n) is 3.16. The quantitative estimate of drug-likeness (QED) is 0.795. The van der Waals surface area contributed by atoms with Crippen molar-refractivity contribution in [3.63, 3.8) is 0 Å². The zero-order valence-electron chi connectivity index (χ0n) is 14.8. The molecule has 0 unspecified atom stereocenters. The SMILES string of the molecule is O=C(NCc1ccc(F)cc1)c1cccc(NC2=N[C@@H]3CS(=O)(=O)C[C@@H]3S2)c1. The smallest absolute Gasteiger partial charge is 0.251 e. The number of carbonyl (C=O) groups excluding carboxylic acids is 1. The second-order valence-corrected chi connectivity index (χ2v) is 10.1. The van der Waals surface area contributed by atoms with E-state index in [9.17, 15) is 17.6 Å². The maximum atomic E-state index is 12.9. The normalized spacial score (nSPS) is 22.4. The van der Waals surface area contributed by atoms with Crippen molar-refractivity contribution in [2.24, 2.45) is 4.99 Å². The van der Waals surface area contributed by atoms with Crippen LogP contribution in [0.2, 0.25) is 0 Å². The van der Waals surface area contributed by atoms with E-state index < -0.39 is 9.84 Å². The number of anilines is 1. The lowest BCUT2D eigenvalue weighted by Crippen LogP contribution is -2.23. The molecule has 2 heterocycles. The third kappa shape index (κ3) is 4.36. The summed E-state index contributed by atoms with van der Waals surface area (Å²) < 4.78 is 36.2. The number of amides is 1. The summed E-state index contributed by atoms with van der Waals surface area (Å²) in [5, 5.41) is 6.62. The van der Waals surface area contributed by atoms with Gasteiger partial charge in [-0.2, -0.15) is 0 Å². The van der Waals surface area contributed by atoms with Crippen LogP contribution < -0.4 is 10.6 Å². The van der Waals surface area contributed by atoms with Crippen molar-refractivity contribution in [3.05, 3.63) is 65.5 Å². The first-order chi connectivity index (χ1) is 13.4. The van der Waals surface area contributed by atoms with Gasteiger partial charge in [0.2, 0.25) is 0 Å². The highest BCUT2D eigenvalue weighted by atomic mass is 32.2. The molecule has 0 radical (unpaired) electrons. The molecule has 6 nitrogen and oxygen atoms in total. The predicted molar refractivity (Wildman–Crippen MR) is 109 cm³/mol. The summed E-state index contributed by atoms with van der Waals surface area (Å²) >= 11 is 1.43. The lowest BCUT2D eigenvalue weighted by atomic mass is 10.1. The van der Waals surface area contributed by atoms with Gasteiger partial charge in [0.05, 0.1) is 17.5 Å². The van der Waals surface area contributed by atoms with Gasteiger partial charge in [0, 0.05) is 23.0 Å². The van der Waals surface area contributed by atoms with Crippen LogP contribution in [0.5, 0.6) is 0 Å². The minimum absolute atomic E-state index is 0.0327. The topological polar surface area (TPSA) is 87.6 Å². The zero-order valence-corrected chi connectivity index (χ0v) is 16.4. The van der Waals surface area contributed by atoms with Crippen LogP contribution >= 0.6 is 11.8 Å². The minimum atomic E-state index is -2.98. The number of benzene rings is 2. The Balaban J connectivity index is 1.38. The molecule has 2 atom stereocenters. The van der Waals surface area contributed by atoms with Gasteiger partial charge in [0.1, 0.15) is 5.82 Å². The Morgan fingerprint density at radius 3 is 2.71 bits per heavy atom. The number of hydrogen-bond acceptors (Lipinski definition) is 6. The summed E-state index contributed by atoms with van der Waals surface area (Å²) in [6.07, 6.45) is 0. The first-order valence-electron chi connectivity index (χ1n) is 8.73. The van der Waals surface area contributed by atoms with E-state index in [0.29, 0.717) is 23.0 Å². The van der Waals surface area contributed by atoms with Crippen molar-refractivity contribution in [3.8, 4) is 0 Å². The summed E-state index contributed by atoms with van der Waals surface area (Å²) in [6.45, 7) is 0.303. The molecule has 1 amide bonds. The molecular weight excluding hydrogens is 401 g/mol. The van der Waals surface area contributed by atoms with Crippen molar-refractivity contribution in [1.82, 2.24) is 5.32 Å². The Kier molecular flexibility index (Phi) is 5.11. The molecule has 0 bridgehead atoms. The number of nitrogens with one attached hydrogen (secondary N) is 2. The average Bonchev–Trinajstić information content (AvgIpc) is 3.13. The van der Waals surface area contributed by atoms with Gasteiger partial charge in [0.15, 0.2) is 15.0 Å². The van der Waals surface area contributed by atoms with E-state index >= 15 is 0 Å². The maximum Gasteiger partial charge on any atom is 0.251 e. The summed E-state index contributed by atoms with van der Waals surface area (Å²) in [4.78, 5) is 16.8. The van der Waals surface area contributed by atoms with Gasteiger partial charge < -0.3 is 10.6 Å². The van der Waals surface area contributed by atoms with Crippen molar-refractivity contribution >= 4 is 38.4 Å². The van der Waals surface area contributed by atoms with Crippen LogP contribution in [0.25, 0.3) is 0 Å². The Morgan fingerprint density at radius 1 is 1.18 bits per heavy atom. The van der Waals surface area contributed by atoms with E-state index in [1.807, 2.05) is 6.07 Å². The van der Waals surface area contributed by atoms with Crippen molar-refractivity contribution in [1.29, 1.82) is 0 Å². The van der Waals surface area contributed by atoms with Gasteiger partial charge in [-0.3, -0.25) is 9.79 Å². The van der Waals surface area contributed by atoms with Gasteiger partial charge in [-0.1, -0.05) is 30.0 Å². The van der Waals surface area contributed by atoms with E-state index in [1.165, 1.54) is 23.9 Å². The number of rotatable bonds is 4. The molecule has 0 aliphatic carbocycles. The van der Waals surface area contributed by atoms with Gasteiger partial charge in [-0.05, 0) is 35.9 Å². The van der Waals surface area contributed by atoms with Gasteiger partial charge >= 0.3 is 0 Å². The second-order valence-electron chi connectivity index (χ2n) is 6.75. The number of sulfone groups is 1. The van der Waals surface area contributed by atoms with Crippen LogP contribution in [0.1, 0.15) is 15.9 Å². The molecule has 2 aliphatic rings. The number of nitrogens with zero attached hydrogens (tertiary/aromatic N) is 1. The van der Waals surface area contributed by atoms with Crippen molar-refractivity contribution in [2.45, 2.75) is 17.8 Å². The lowest BCUT2D eigenvalue weighted by molar-refractivity contribution is 0.0951. The van der Waals surface area contributed by atoms with E-state index in [1.54, 1.807) is 30.3 Å². The molecule has 2 aliphatic heterocycles. The van der Waals surface area contributed by atoms with Crippen molar-refractivity contribution < 1.29 is 17.6 Å². The third-order valence-corrected chi connectivity index (χ3v) is 7.70. The molecule has 2 aromatic carbocycles. The van der Waals surface area contributed by atoms with Gasteiger partial charge in [-0.25, -0.2) is 12.8 Å². The molecule has 2 N–H and O–H groups in total. The average molecular weight is 420 g/mol. The molecule has 0 aromatic heterocycles. The summed E-state index contributed by atoms with van der Waals surface area (Å²) in [5.74, 6) is -0.301. The number of fused-ring (bicyclic) bond motifs is 1. The minimum Gasteiger partial charge on any atom is -0.348 e. The Labute approximate surface area is 166 Å². The number of amidine groups is 1. The van der Waals surface area contributed by atoms with Crippen LogP contribution in [0, 0.1) is 5.82 Å². The molecule has 9 heteroatoms. The molecule has 1 saturated heterocycles. The highest BCUT2D eigenvalue weighted by Crippen LogP contribution is 2.34. The van der Waals surface area contributed by atoms with Crippen LogP contribution in [0.3, 0.4) is 0 Å². The second kappa shape index (κ2) is 7.56. The van der Waals surface area contributed by atoms with Crippen molar-refractivity contribution in [2.75, 3.05) is 16.8 Å². The van der Waals surface area contributed by atoms with E-state index in [-0.39, 0.29) is 34.5 Å². The number of hydrogen-bond donors (Lipinski definition) is 2. The fourth-order valence-corrected chi connectivity index (χ4v) is 6.84. The Morgan fingerprint density at radius 2 is 1.96 bits per heavy atom. The highest BCUT2D eigenvalue weighted by molar-refractivity contribution is 8.15. The fraction of sp³-hybridized carbons (Fsp3) is 0.263. The van der Waals surface area contributed by atoms with Crippen LogP contribution in [-0.4, -0.2) is 42.3 Å². The zero-order chi connectivity index (χ0) is 19.7. The lowest BCUT2D eigenvalue weighted by Gasteiger charge is -2.09. The molecule has 28 heavy (non-hydrogen) atoms. The summed E-state index contributed by atoms with van der Waals surface area (Å²) in [7, 11) is -2.98.